The number of pyridine rings is 1. The molecular formula is C30H23F6N5O2. The molecule has 0 bridgehead atoms. The van der Waals surface area contributed by atoms with Crippen molar-refractivity contribution in [3.05, 3.63) is 95.7 Å². The molecule has 43 heavy (non-hydrogen) atoms. The molecule has 222 valence electrons. The highest BCUT2D eigenvalue weighted by atomic mass is 19.4. The van der Waals surface area contributed by atoms with E-state index in [-0.39, 0.29) is 35.9 Å². The standard InChI is InChI=1S/C30H23F6N5O2/c31-19-3-5-20(6-4-19)40-11-7-26(42)29(40)8-12-39(13-9-29)28(43)24-16-25(18-2-1-10-37-17-18)41(38-24)21-14-22(32)27(23(33)15-21)30(34,35)36/h1-6,10,14-17H,7-9,11-13H2. The zero-order valence-electron chi connectivity index (χ0n) is 22.4. The van der Waals surface area contributed by atoms with Gasteiger partial charge in [0.05, 0.1) is 11.4 Å². The average molecular weight is 600 g/mol. The van der Waals surface area contributed by atoms with Crippen LogP contribution in [-0.4, -0.2) is 56.5 Å². The summed E-state index contributed by atoms with van der Waals surface area (Å²) < 4.78 is 83.0. The lowest BCUT2D eigenvalue weighted by Gasteiger charge is -2.44. The SMILES string of the molecule is O=C(c1cc(-c2cccnc2)n(-c2cc(F)c(C(F)(F)F)c(F)c2)n1)N1CCC2(CC1)C(=O)CCN2c1ccc(F)cc1. The number of hydrogen-bond donors (Lipinski definition) is 0. The largest absolute Gasteiger partial charge is 0.422 e. The number of piperidine rings is 1. The maximum Gasteiger partial charge on any atom is 0.422 e. The van der Waals surface area contributed by atoms with E-state index in [0.29, 0.717) is 49.2 Å². The van der Waals surface area contributed by atoms with E-state index in [1.165, 1.54) is 35.5 Å². The quantitative estimate of drug-likeness (QED) is 0.277. The minimum atomic E-state index is -5.25. The summed E-state index contributed by atoms with van der Waals surface area (Å²) in [6.07, 6.45) is -1.39. The average Bonchev–Trinajstić information content (AvgIpc) is 3.55. The number of halogens is 6. The number of amides is 1. The summed E-state index contributed by atoms with van der Waals surface area (Å²) in [5.41, 5.74) is -2.04. The van der Waals surface area contributed by atoms with Crippen molar-refractivity contribution >= 4 is 17.4 Å². The molecular weight excluding hydrogens is 576 g/mol. The fourth-order valence-electron chi connectivity index (χ4n) is 5.95. The predicted octanol–water partition coefficient (Wildman–Crippen LogP) is 5.82. The number of ketones is 1. The number of alkyl halides is 3. The van der Waals surface area contributed by atoms with Gasteiger partial charge in [-0.3, -0.25) is 14.6 Å². The van der Waals surface area contributed by atoms with Gasteiger partial charge in [-0.05, 0) is 55.3 Å². The molecule has 7 nitrogen and oxygen atoms in total. The molecule has 1 amide bonds. The van der Waals surface area contributed by atoms with Gasteiger partial charge in [-0.25, -0.2) is 17.9 Å². The third-order valence-electron chi connectivity index (χ3n) is 8.05. The molecule has 4 heterocycles. The third-order valence-corrected chi connectivity index (χ3v) is 8.05. The Morgan fingerprint density at radius 2 is 1.56 bits per heavy atom. The van der Waals surface area contributed by atoms with E-state index in [1.54, 1.807) is 24.3 Å². The van der Waals surface area contributed by atoms with Gasteiger partial charge in [-0.1, -0.05) is 0 Å². The Bertz CT molecular complexity index is 1670. The van der Waals surface area contributed by atoms with E-state index in [2.05, 4.69) is 10.1 Å². The molecule has 1 spiro atoms. The van der Waals surface area contributed by atoms with Gasteiger partial charge in [0.1, 0.15) is 28.6 Å². The van der Waals surface area contributed by atoms with Gasteiger partial charge < -0.3 is 9.80 Å². The lowest BCUT2D eigenvalue weighted by Crippen LogP contribution is -2.56. The van der Waals surface area contributed by atoms with Crippen molar-refractivity contribution in [1.82, 2.24) is 19.7 Å². The van der Waals surface area contributed by atoms with E-state index in [1.807, 2.05) is 4.90 Å². The zero-order valence-corrected chi connectivity index (χ0v) is 22.4. The first kappa shape index (κ1) is 28.4. The molecule has 2 aromatic carbocycles. The Morgan fingerprint density at radius 3 is 2.16 bits per heavy atom. The van der Waals surface area contributed by atoms with Crippen molar-refractivity contribution < 1.29 is 35.9 Å². The van der Waals surface area contributed by atoms with Crippen molar-refractivity contribution in [2.24, 2.45) is 0 Å². The van der Waals surface area contributed by atoms with Gasteiger partial charge >= 0.3 is 6.18 Å². The Kier molecular flexibility index (Phi) is 6.98. The summed E-state index contributed by atoms with van der Waals surface area (Å²) in [5.74, 6) is -4.52. The highest BCUT2D eigenvalue weighted by Crippen LogP contribution is 2.40. The minimum Gasteiger partial charge on any atom is -0.358 e. The van der Waals surface area contributed by atoms with Crippen molar-refractivity contribution in [2.45, 2.75) is 31.0 Å². The van der Waals surface area contributed by atoms with Crippen molar-refractivity contribution in [3.63, 3.8) is 0 Å². The van der Waals surface area contributed by atoms with Gasteiger partial charge in [0, 0.05) is 61.8 Å². The molecule has 13 heteroatoms. The normalized spacial score (nSPS) is 16.7. The fourth-order valence-corrected chi connectivity index (χ4v) is 5.95. The second-order valence-corrected chi connectivity index (χ2v) is 10.5. The first-order valence-electron chi connectivity index (χ1n) is 13.4. The maximum absolute atomic E-state index is 14.5. The number of rotatable bonds is 4. The fraction of sp³-hybridized carbons (Fsp3) is 0.267. The number of nitrogens with zero attached hydrogens (tertiary/aromatic N) is 5. The van der Waals surface area contributed by atoms with Crippen LogP contribution in [0.5, 0.6) is 0 Å². The number of carbonyl (C=O) groups is 2. The Morgan fingerprint density at radius 1 is 0.884 bits per heavy atom. The first-order chi connectivity index (χ1) is 20.5. The topological polar surface area (TPSA) is 71.3 Å². The van der Waals surface area contributed by atoms with Crippen LogP contribution < -0.4 is 4.90 Å². The number of hydrogen-bond acceptors (Lipinski definition) is 5. The van der Waals surface area contributed by atoms with Gasteiger partial charge in [-0.2, -0.15) is 18.3 Å². The van der Waals surface area contributed by atoms with Crippen LogP contribution in [0.1, 0.15) is 35.3 Å². The van der Waals surface area contributed by atoms with Crippen LogP contribution in [0.3, 0.4) is 0 Å². The molecule has 0 unspecified atom stereocenters. The summed E-state index contributed by atoms with van der Waals surface area (Å²) in [4.78, 5) is 34.2. The maximum atomic E-state index is 14.5. The summed E-state index contributed by atoms with van der Waals surface area (Å²) in [6, 6.07) is 11.5. The zero-order chi connectivity index (χ0) is 30.5. The molecule has 0 N–H and O–H groups in total. The van der Waals surface area contributed by atoms with E-state index in [4.69, 9.17) is 0 Å². The van der Waals surface area contributed by atoms with Crippen molar-refractivity contribution in [1.29, 1.82) is 0 Å². The van der Waals surface area contributed by atoms with E-state index in [9.17, 15) is 35.9 Å². The monoisotopic (exact) mass is 599 g/mol. The molecule has 2 aliphatic rings. The van der Waals surface area contributed by atoms with E-state index in [0.717, 1.165) is 4.68 Å². The number of aromatic nitrogens is 3. The molecule has 2 aromatic heterocycles. The molecule has 2 fully saturated rings. The second kappa shape index (κ2) is 10.5. The molecule has 6 rings (SSSR count). The van der Waals surface area contributed by atoms with Gasteiger partial charge in [0.25, 0.3) is 5.91 Å². The summed E-state index contributed by atoms with van der Waals surface area (Å²) in [7, 11) is 0. The van der Waals surface area contributed by atoms with Crippen LogP contribution in [0, 0.1) is 17.5 Å². The van der Waals surface area contributed by atoms with Gasteiger partial charge in [-0.15, -0.1) is 0 Å². The van der Waals surface area contributed by atoms with Gasteiger partial charge in [0.15, 0.2) is 11.5 Å². The molecule has 2 aliphatic heterocycles. The predicted molar refractivity (Wildman–Crippen MR) is 143 cm³/mol. The molecule has 0 radical (unpaired) electrons. The summed E-state index contributed by atoms with van der Waals surface area (Å²) in [5, 5.41) is 4.25. The highest BCUT2D eigenvalue weighted by molar-refractivity contribution is 5.97. The molecule has 0 aliphatic carbocycles. The second-order valence-electron chi connectivity index (χ2n) is 10.5. The number of benzene rings is 2. The molecule has 0 saturated carbocycles. The lowest BCUT2D eigenvalue weighted by atomic mass is 9.83. The molecule has 0 atom stereocenters. The Hall–Kier alpha value is -4.68. The smallest absolute Gasteiger partial charge is 0.358 e. The van der Waals surface area contributed by atoms with Crippen molar-refractivity contribution in [2.75, 3.05) is 24.5 Å². The number of anilines is 1. The first-order valence-corrected chi connectivity index (χ1v) is 13.4. The third kappa shape index (κ3) is 5.02. The van der Waals surface area contributed by atoms with Crippen LogP contribution in [0.4, 0.5) is 32.0 Å². The number of carbonyl (C=O) groups excluding carboxylic acids is 2. The Balaban J connectivity index is 1.30. The summed E-state index contributed by atoms with van der Waals surface area (Å²) in [6.45, 7) is 0.860. The van der Waals surface area contributed by atoms with Crippen molar-refractivity contribution in [3.8, 4) is 16.9 Å². The van der Waals surface area contributed by atoms with Crippen LogP contribution in [0.25, 0.3) is 16.9 Å². The van der Waals surface area contributed by atoms with Crippen LogP contribution >= 0.6 is 0 Å². The highest BCUT2D eigenvalue weighted by Gasteiger charge is 2.50. The van der Waals surface area contributed by atoms with Crippen LogP contribution in [0.2, 0.25) is 0 Å². The Labute approximate surface area is 241 Å². The van der Waals surface area contributed by atoms with E-state index < -0.39 is 40.6 Å². The van der Waals surface area contributed by atoms with Crippen LogP contribution in [-0.2, 0) is 11.0 Å². The molecule has 4 aromatic rings. The molecule has 2 saturated heterocycles. The van der Waals surface area contributed by atoms with Gasteiger partial charge in [0.2, 0.25) is 0 Å². The number of Topliss-reactive ketones (excluding diaryl/α,β-unsaturated/α-hetero) is 1. The van der Waals surface area contributed by atoms with E-state index >= 15 is 0 Å². The number of likely N-dealkylation sites (tertiary alicyclic amines) is 1. The summed E-state index contributed by atoms with van der Waals surface area (Å²) >= 11 is 0. The minimum absolute atomic E-state index is 0.0402. The lowest BCUT2D eigenvalue weighted by molar-refractivity contribution is -0.142. The van der Waals surface area contributed by atoms with Crippen LogP contribution in [0.15, 0.2) is 67.0 Å².